The minimum atomic E-state index is -4.55. The van der Waals surface area contributed by atoms with Gasteiger partial charge >= 0.3 is 6.18 Å². The Kier molecular flexibility index (Phi) is 9.39. The molecule has 3 heterocycles. The van der Waals surface area contributed by atoms with E-state index in [4.69, 9.17) is 8.94 Å². The lowest BCUT2D eigenvalue weighted by Gasteiger charge is -2.31. The summed E-state index contributed by atoms with van der Waals surface area (Å²) in [7, 11) is -2.59. The number of sulfonamides is 1. The van der Waals surface area contributed by atoms with Crippen molar-refractivity contribution in [1.82, 2.24) is 15.0 Å². The molecule has 2 aromatic heterocycles. The molecule has 5 aromatic rings. The highest BCUT2D eigenvalue weighted by Gasteiger charge is 2.43. The van der Waals surface area contributed by atoms with Gasteiger partial charge in [-0.05, 0) is 67.8 Å². The van der Waals surface area contributed by atoms with E-state index in [0.717, 1.165) is 12.1 Å². The summed E-state index contributed by atoms with van der Waals surface area (Å²) in [6, 6.07) is 16.7. The number of hydrogen-bond donors (Lipinski definition) is 1. The minimum absolute atomic E-state index is 0.000383. The molecule has 0 spiro atoms. The predicted molar refractivity (Wildman–Crippen MR) is 184 cm³/mol. The van der Waals surface area contributed by atoms with Gasteiger partial charge in [0.15, 0.2) is 0 Å². The Hall–Kier alpha value is -4.89. The Bertz CT molecular complexity index is 2200. The van der Waals surface area contributed by atoms with Crippen LogP contribution in [0, 0.1) is 13.8 Å². The number of aryl methyl sites for hydroxylation is 1. The van der Waals surface area contributed by atoms with Crippen molar-refractivity contribution < 1.29 is 35.3 Å². The molecule has 1 aliphatic heterocycles. The van der Waals surface area contributed by atoms with Crippen molar-refractivity contribution in [3.8, 4) is 22.6 Å². The molecule has 10 nitrogen and oxygen atoms in total. The Labute approximate surface area is 290 Å². The Morgan fingerprint density at radius 3 is 2.48 bits per heavy atom. The van der Waals surface area contributed by atoms with E-state index >= 15 is 0 Å². The van der Waals surface area contributed by atoms with E-state index in [1.54, 1.807) is 70.3 Å². The van der Waals surface area contributed by atoms with Gasteiger partial charge in [0, 0.05) is 36.0 Å². The van der Waals surface area contributed by atoms with Crippen LogP contribution in [0.25, 0.3) is 22.6 Å². The number of carbonyl (C=O) groups excluding carboxylic acids is 1. The van der Waals surface area contributed by atoms with E-state index in [2.05, 4.69) is 19.9 Å². The molecular weight excluding hydrogens is 692 g/mol. The number of nitrogens with one attached hydrogen (secondary N) is 1. The largest absolute Gasteiger partial charge is 0.445 e. The fraction of sp³-hybridized carbons (Fsp3) is 0.257. The van der Waals surface area contributed by atoms with E-state index in [0.29, 0.717) is 56.6 Å². The Morgan fingerprint density at radius 2 is 1.82 bits per heavy atom. The van der Waals surface area contributed by atoms with E-state index in [1.165, 1.54) is 41.3 Å². The second-order valence-corrected chi connectivity index (χ2v) is 14.8. The molecule has 0 saturated heterocycles. The number of alkyl halides is 3. The normalized spacial score (nSPS) is 16.3. The third-order valence-corrected chi connectivity index (χ3v) is 11.5. The van der Waals surface area contributed by atoms with Crippen LogP contribution < -0.4 is 4.72 Å². The van der Waals surface area contributed by atoms with Crippen LogP contribution in [0.4, 0.5) is 19.1 Å². The van der Waals surface area contributed by atoms with Crippen LogP contribution in [0.1, 0.15) is 41.3 Å². The van der Waals surface area contributed by atoms with Gasteiger partial charge in [-0.2, -0.15) is 13.2 Å². The van der Waals surface area contributed by atoms with E-state index in [1.807, 2.05) is 0 Å². The van der Waals surface area contributed by atoms with Crippen LogP contribution in [0.5, 0.6) is 0 Å². The van der Waals surface area contributed by atoms with Gasteiger partial charge < -0.3 is 13.8 Å². The molecule has 260 valence electrons. The molecule has 1 aliphatic rings. The van der Waals surface area contributed by atoms with Gasteiger partial charge in [0.25, 0.3) is 10.0 Å². The summed E-state index contributed by atoms with van der Waals surface area (Å²) in [5.74, 6) is 0.273. The summed E-state index contributed by atoms with van der Waals surface area (Å²) in [6.07, 6.45) is -1.78. The van der Waals surface area contributed by atoms with Crippen molar-refractivity contribution in [3.05, 3.63) is 107 Å². The topological polar surface area (TPSA) is 131 Å². The second-order valence-electron chi connectivity index (χ2n) is 11.9. The zero-order valence-electron chi connectivity index (χ0n) is 27.4. The molecule has 1 unspecified atom stereocenters. The summed E-state index contributed by atoms with van der Waals surface area (Å²) in [6.45, 7) is 5.13. The average Bonchev–Trinajstić information content (AvgIpc) is 3.83. The number of halogens is 3. The highest BCUT2D eigenvalue weighted by Crippen LogP contribution is 2.47. The molecule has 6 rings (SSSR count). The molecule has 0 saturated carbocycles. The number of aromatic nitrogens is 2. The summed E-state index contributed by atoms with van der Waals surface area (Å²) in [4.78, 5) is 24.1. The fourth-order valence-electron chi connectivity index (χ4n) is 5.78. The van der Waals surface area contributed by atoms with Gasteiger partial charge in [0.2, 0.25) is 17.7 Å². The molecule has 1 N–H and O–H groups in total. The first-order chi connectivity index (χ1) is 23.7. The highest BCUT2D eigenvalue weighted by molar-refractivity contribution is 8.01. The van der Waals surface area contributed by atoms with Crippen molar-refractivity contribution in [3.63, 3.8) is 0 Å². The molecule has 0 bridgehead atoms. The van der Waals surface area contributed by atoms with Gasteiger partial charge in [-0.1, -0.05) is 41.6 Å². The van der Waals surface area contributed by atoms with Crippen molar-refractivity contribution in [2.45, 2.75) is 49.6 Å². The smallest absolute Gasteiger partial charge is 0.416 e. The highest BCUT2D eigenvalue weighted by atomic mass is 32.2. The first kappa shape index (κ1) is 35.0. The minimum Gasteiger partial charge on any atom is -0.445 e. The Balaban J connectivity index is 1.36. The van der Waals surface area contributed by atoms with Crippen molar-refractivity contribution in [1.29, 1.82) is 0 Å². The van der Waals surface area contributed by atoms with E-state index in [-0.39, 0.29) is 29.7 Å². The number of hydrogen-bond acceptors (Lipinski definition) is 9. The van der Waals surface area contributed by atoms with Crippen LogP contribution in [-0.4, -0.2) is 48.0 Å². The summed E-state index contributed by atoms with van der Waals surface area (Å²) < 4.78 is 80.7. The molecule has 1 amide bonds. The molecule has 15 heteroatoms. The number of nitrogens with zero attached hydrogens (tertiary/aromatic N) is 4. The van der Waals surface area contributed by atoms with Crippen LogP contribution in [0.3, 0.4) is 0 Å². The molecule has 0 radical (unpaired) electrons. The summed E-state index contributed by atoms with van der Waals surface area (Å²) in [5.41, 5.74) is 3.23. The number of amides is 1. The third-order valence-electron chi connectivity index (χ3n) is 8.72. The summed E-state index contributed by atoms with van der Waals surface area (Å²) in [5, 5.41) is 3.84. The predicted octanol–water partition coefficient (Wildman–Crippen LogP) is 7.84. The quantitative estimate of drug-likeness (QED) is 0.154. The van der Waals surface area contributed by atoms with Crippen LogP contribution in [-0.2, 0) is 32.3 Å². The standard InChI is InChI=1S/C35H32F3N5O5S2/c1-21-22(2)41-48-32(21)42-50(45,46)30-11-6-5-10-29(30)28-13-12-24(33-39-14-15-47-33)16-25(28)19-43(4)31(44)18-34(23(3)40-20-49-34)26-8-7-9-27(17-26)35(36,37)38/h5-17,42H,18-20H2,1-4H3. The maximum atomic E-state index is 14.0. The number of aliphatic imine (C=N–C) groups is 1. The number of oxazole rings is 1. The van der Waals surface area contributed by atoms with Gasteiger partial charge in [-0.15, -0.1) is 11.8 Å². The van der Waals surface area contributed by atoms with E-state index in [9.17, 15) is 26.4 Å². The molecule has 50 heavy (non-hydrogen) atoms. The van der Waals surface area contributed by atoms with Crippen LogP contribution in [0.15, 0.2) is 98.0 Å². The maximum absolute atomic E-state index is 14.0. The van der Waals surface area contributed by atoms with Gasteiger partial charge in [0.05, 0.1) is 39.4 Å². The fourth-order valence-corrected chi connectivity index (χ4v) is 8.32. The first-order valence-electron chi connectivity index (χ1n) is 15.3. The van der Waals surface area contributed by atoms with Crippen molar-refractivity contribution in [2.24, 2.45) is 4.99 Å². The zero-order chi connectivity index (χ0) is 35.8. The molecular formula is C35H32F3N5O5S2. The van der Waals surface area contributed by atoms with Crippen LogP contribution >= 0.6 is 11.8 Å². The molecule has 0 aliphatic carbocycles. The maximum Gasteiger partial charge on any atom is 0.416 e. The first-order valence-corrected chi connectivity index (χ1v) is 17.8. The van der Waals surface area contributed by atoms with Crippen molar-refractivity contribution in [2.75, 3.05) is 17.6 Å². The summed E-state index contributed by atoms with van der Waals surface area (Å²) >= 11 is 1.31. The second kappa shape index (κ2) is 13.4. The van der Waals surface area contributed by atoms with E-state index < -0.39 is 26.5 Å². The zero-order valence-corrected chi connectivity index (χ0v) is 29.0. The SMILES string of the molecule is CC1=NCSC1(CC(=O)N(C)Cc1cc(-c2ncco2)ccc1-c1ccccc1S(=O)(=O)Nc1onc(C)c1C)c1cccc(C(F)(F)F)c1. The lowest BCUT2D eigenvalue weighted by Crippen LogP contribution is -2.37. The Morgan fingerprint density at radius 1 is 1.04 bits per heavy atom. The molecule has 3 aromatic carbocycles. The third kappa shape index (κ3) is 6.79. The number of carbonyl (C=O) groups is 1. The molecule has 0 fully saturated rings. The average molecular weight is 724 g/mol. The molecule has 1 atom stereocenters. The number of benzene rings is 3. The number of anilines is 1. The number of thioether (sulfide) groups is 1. The van der Waals surface area contributed by atoms with Gasteiger partial charge in [-0.25, -0.2) is 18.1 Å². The lowest BCUT2D eigenvalue weighted by atomic mass is 9.88. The monoisotopic (exact) mass is 723 g/mol. The van der Waals surface area contributed by atoms with Crippen LogP contribution in [0.2, 0.25) is 0 Å². The lowest BCUT2D eigenvalue weighted by molar-refractivity contribution is -0.137. The van der Waals surface area contributed by atoms with Gasteiger partial charge in [-0.3, -0.25) is 9.79 Å². The number of rotatable bonds is 10. The van der Waals surface area contributed by atoms with Gasteiger partial charge in [0.1, 0.15) is 6.26 Å². The van der Waals surface area contributed by atoms with Crippen molar-refractivity contribution >= 4 is 39.3 Å².